The van der Waals surface area contributed by atoms with Gasteiger partial charge in [0, 0.05) is 12.0 Å². The van der Waals surface area contributed by atoms with Crippen LogP contribution >= 0.6 is 23.1 Å². The van der Waals surface area contributed by atoms with Crippen LogP contribution < -0.4 is 11.1 Å². The normalized spacial score (nSPS) is 14.1. The molecule has 4 rings (SSSR count). The second kappa shape index (κ2) is 6.17. The van der Waals surface area contributed by atoms with Gasteiger partial charge in [-0.25, -0.2) is 4.98 Å². The first kappa shape index (κ1) is 14.5. The summed E-state index contributed by atoms with van der Waals surface area (Å²) in [5, 5.41) is 9.97. The molecule has 0 unspecified atom stereocenters. The van der Waals surface area contributed by atoms with E-state index >= 15 is 0 Å². The van der Waals surface area contributed by atoms with Gasteiger partial charge in [0.2, 0.25) is 11.8 Å². The zero-order chi connectivity index (χ0) is 15.6. The molecule has 3 heterocycles. The number of aromatic nitrogens is 4. The van der Waals surface area contributed by atoms with Crippen molar-refractivity contribution in [3.63, 3.8) is 0 Å². The first-order valence-electron chi connectivity index (χ1n) is 7.18. The van der Waals surface area contributed by atoms with Crippen molar-refractivity contribution in [2.24, 2.45) is 0 Å². The number of hydrogen-bond donors (Lipinski definition) is 2. The Morgan fingerprint density at radius 1 is 1.35 bits per heavy atom. The van der Waals surface area contributed by atoms with E-state index in [1.807, 2.05) is 23.6 Å². The summed E-state index contributed by atoms with van der Waals surface area (Å²) in [5.74, 6) is 2.70. The van der Waals surface area contributed by atoms with Crippen molar-refractivity contribution >= 4 is 34.9 Å². The number of nitrogens with one attached hydrogen (secondary N) is 1. The molecule has 3 aromatic heterocycles. The molecule has 0 saturated heterocycles. The third-order valence-corrected chi connectivity index (χ3v) is 5.21. The van der Waals surface area contributed by atoms with Crippen molar-refractivity contribution in [2.45, 2.75) is 34.5 Å². The van der Waals surface area contributed by atoms with Crippen molar-refractivity contribution in [2.75, 3.05) is 11.1 Å². The average Bonchev–Trinajstić information content (AvgIpc) is 3.06. The molecule has 7 nitrogen and oxygen atoms in total. The number of nitrogens with two attached hydrogens (primary N) is 1. The Labute approximate surface area is 140 Å². The lowest BCUT2D eigenvalue weighted by Gasteiger charge is -2.05. The van der Waals surface area contributed by atoms with Crippen molar-refractivity contribution in [1.82, 2.24) is 20.1 Å². The van der Waals surface area contributed by atoms with Crippen LogP contribution in [0.25, 0.3) is 0 Å². The minimum atomic E-state index is 0.237. The SMILES string of the molecule is Nc1nc(NCc2noc(C3CC3)n2)cc(Sc2cccs2)n1. The van der Waals surface area contributed by atoms with Gasteiger partial charge in [0.15, 0.2) is 5.82 Å². The highest BCUT2D eigenvalue weighted by molar-refractivity contribution is 8.01. The molecule has 0 aliphatic heterocycles. The predicted octanol–water partition coefficient (Wildman–Crippen LogP) is 3.14. The fourth-order valence-corrected chi connectivity index (χ4v) is 3.74. The monoisotopic (exact) mass is 346 g/mol. The lowest BCUT2D eigenvalue weighted by molar-refractivity contribution is 0.374. The molecule has 0 atom stereocenters. The Bertz CT molecular complexity index is 799. The summed E-state index contributed by atoms with van der Waals surface area (Å²) in [7, 11) is 0. The zero-order valence-corrected chi connectivity index (χ0v) is 13.7. The summed E-state index contributed by atoms with van der Waals surface area (Å²) in [4.78, 5) is 12.8. The van der Waals surface area contributed by atoms with Gasteiger partial charge in [0.05, 0.1) is 10.8 Å². The number of thiophene rings is 1. The summed E-state index contributed by atoms with van der Waals surface area (Å²) in [6.45, 7) is 0.440. The van der Waals surface area contributed by atoms with Gasteiger partial charge in [-0.2, -0.15) is 9.97 Å². The zero-order valence-electron chi connectivity index (χ0n) is 12.1. The van der Waals surface area contributed by atoms with E-state index in [9.17, 15) is 0 Å². The molecule has 1 fully saturated rings. The molecule has 0 aromatic carbocycles. The summed E-state index contributed by atoms with van der Waals surface area (Å²) >= 11 is 3.22. The van der Waals surface area contributed by atoms with E-state index in [0.29, 0.717) is 24.1 Å². The topological polar surface area (TPSA) is 103 Å². The fourth-order valence-electron chi connectivity index (χ4n) is 2.02. The highest BCUT2D eigenvalue weighted by Gasteiger charge is 2.29. The van der Waals surface area contributed by atoms with Crippen LogP contribution in [0.4, 0.5) is 11.8 Å². The lowest BCUT2D eigenvalue weighted by Crippen LogP contribution is -2.06. The average molecular weight is 346 g/mol. The number of nitrogen functional groups attached to an aromatic ring is 1. The summed E-state index contributed by atoms with van der Waals surface area (Å²) < 4.78 is 6.39. The molecule has 3 N–H and O–H groups in total. The van der Waals surface area contributed by atoms with E-state index in [4.69, 9.17) is 10.3 Å². The van der Waals surface area contributed by atoms with E-state index in [2.05, 4.69) is 25.4 Å². The Morgan fingerprint density at radius 2 is 2.26 bits per heavy atom. The maximum atomic E-state index is 5.79. The van der Waals surface area contributed by atoms with E-state index < -0.39 is 0 Å². The van der Waals surface area contributed by atoms with Gasteiger partial charge < -0.3 is 15.6 Å². The Hall–Kier alpha value is -2.13. The summed E-state index contributed by atoms with van der Waals surface area (Å²) in [6, 6.07) is 5.91. The Morgan fingerprint density at radius 3 is 3.04 bits per heavy atom. The maximum Gasteiger partial charge on any atom is 0.229 e. The fraction of sp³-hybridized carbons (Fsp3) is 0.286. The molecule has 1 aliphatic carbocycles. The quantitative estimate of drug-likeness (QED) is 0.656. The summed E-state index contributed by atoms with van der Waals surface area (Å²) in [5.41, 5.74) is 5.79. The van der Waals surface area contributed by atoms with Crippen LogP contribution in [0.15, 0.2) is 37.3 Å². The first-order chi connectivity index (χ1) is 11.3. The van der Waals surface area contributed by atoms with Gasteiger partial charge in [-0.3, -0.25) is 0 Å². The third-order valence-electron chi connectivity index (χ3n) is 3.26. The number of rotatable bonds is 6. The van der Waals surface area contributed by atoms with Gasteiger partial charge in [0.1, 0.15) is 10.8 Å². The molecular formula is C14H14N6OS2. The van der Waals surface area contributed by atoms with Crippen LogP contribution in [0.5, 0.6) is 0 Å². The van der Waals surface area contributed by atoms with Crippen molar-refractivity contribution < 1.29 is 4.52 Å². The van der Waals surface area contributed by atoms with E-state index in [1.165, 1.54) is 0 Å². The first-order valence-corrected chi connectivity index (χ1v) is 8.88. The highest BCUT2D eigenvalue weighted by Crippen LogP contribution is 2.38. The van der Waals surface area contributed by atoms with E-state index in [0.717, 1.165) is 28.0 Å². The molecule has 0 amide bonds. The van der Waals surface area contributed by atoms with Crippen molar-refractivity contribution in [1.29, 1.82) is 0 Å². The number of anilines is 2. The lowest BCUT2D eigenvalue weighted by atomic mass is 10.4. The maximum absolute atomic E-state index is 5.79. The molecule has 1 aliphatic rings. The molecular weight excluding hydrogens is 332 g/mol. The molecule has 23 heavy (non-hydrogen) atoms. The van der Waals surface area contributed by atoms with Crippen LogP contribution in [0.3, 0.4) is 0 Å². The minimum Gasteiger partial charge on any atom is -0.368 e. The predicted molar refractivity (Wildman–Crippen MR) is 88.5 cm³/mol. The van der Waals surface area contributed by atoms with Gasteiger partial charge >= 0.3 is 0 Å². The van der Waals surface area contributed by atoms with Gasteiger partial charge in [0.25, 0.3) is 0 Å². The molecule has 0 bridgehead atoms. The molecule has 9 heteroatoms. The van der Waals surface area contributed by atoms with Gasteiger partial charge in [-0.1, -0.05) is 23.0 Å². The van der Waals surface area contributed by atoms with Crippen molar-refractivity contribution in [3.05, 3.63) is 35.3 Å². The van der Waals surface area contributed by atoms with Crippen LogP contribution in [-0.2, 0) is 6.54 Å². The van der Waals surface area contributed by atoms with Crippen LogP contribution in [0, 0.1) is 0 Å². The van der Waals surface area contributed by atoms with Crippen LogP contribution in [0.2, 0.25) is 0 Å². The van der Waals surface area contributed by atoms with Crippen molar-refractivity contribution in [3.8, 4) is 0 Å². The molecule has 1 saturated carbocycles. The Kier molecular flexibility index (Phi) is 3.88. The second-order valence-electron chi connectivity index (χ2n) is 5.16. The smallest absolute Gasteiger partial charge is 0.229 e. The largest absolute Gasteiger partial charge is 0.368 e. The molecule has 0 radical (unpaired) electrons. The summed E-state index contributed by atoms with van der Waals surface area (Å²) in [6.07, 6.45) is 2.28. The minimum absolute atomic E-state index is 0.237. The highest BCUT2D eigenvalue weighted by atomic mass is 32.2. The molecule has 3 aromatic rings. The van der Waals surface area contributed by atoms with E-state index in [1.54, 1.807) is 23.1 Å². The van der Waals surface area contributed by atoms with Gasteiger partial charge in [-0.15, -0.1) is 11.3 Å². The standard InChI is InChI=1S/C14H14N6OS2/c15-14-18-9(6-11(19-14)23-12-2-1-5-22-12)16-7-10-17-13(21-20-10)8-3-4-8/h1-2,5-6,8H,3-4,7H2,(H3,15,16,18,19). The number of nitrogens with zero attached hydrogens (tertiary/aromatic N) is 4. The van der Waals surface area contributed by atoms with Gasteiger partial charge in [-0.05, 0) is 24.3 Å². The second-order valence-corrected chi connectivity index (χ2v) is 7.43. The molecule has 118 valence electrons. The Balaban J connectivity index is 1.43. The number of hydrogen-bond acceptors (Lipinski definition) is 9. The van der Waals surface area contributed by atoms with Crippen LogP contribution in [-0.4, -0.2) is 20.1 Å². The van der Waals surface area contributed by atoms with E-state index in [-0.39, 0.29) is 5.95 Å². The molecule has 0 spiro atoms. The third kappa shape index (κ3) is 3.62. The van der Waals surface area contributed by atoms with Crippen LogP contribution in [0.1, 0.15) is 30.5 Å².